The van der Waals surface area contributed by atoms with Gasteiger partial charge in [0, 0.05) is 25.0 Å². The van der Waals surface area contributed by atoms with E-state index in [-0.39, 0.29) is 17.9 Å². The molecule has 126 valence electrons. The van der Waals surface area contributed by atoms with Crippen LogP contribution in [0.2, 0.25) is 0 Å². The highest BCUT2D eigenvalue weighted by atomic mass is 16.4. The molecule has 1 amide bonds. The van der Waals surface area contributed by atoms with Crippen molar-refractivity contribution in [2.75, 3.05) is 19.6 Å². The van der Waals surface area contributed by atoms with Gasteiger partial charge in [-0.1, -0.05) is 33.1 Å². The summed E-state index contributed by atoms with van der Waals surface area (Å²) < 4.78 is 0. The first-order valence-electron chi connectivity index (χ1n) is 8.72. The van der Waals surface area contributed by atoms with E-state index in [1.54, 1.807) is 4.90 Å². The van der Waals surface area contributed by atoms with Crippen molar-refractivity contribution < 1.29 is 14.7 Å². The number of amides is 1. The Labute approximate surface area is 133 Å². The van der Waals surface area contributed by atoms with Gasteiger partial charge in [-0.05, 0) is 31.7 Å². The van der Waals surface area contributed by atoms with Crippen LogP contribution in [0.3, 0.4) is 0 Å². The predicted molar refractivity (Wildman–Crippen MR) is 85.5 cm³/mol. The first-order chi connectivity index (χ1) is 10.5. The number of likely N-dealkylation sites (tertiary alicyclic amines) is 1. The van der Waals surface area contributed by atoms with Crippen LogP contribution >= 0.6 is 0 Å². The van der Waals surface area contributed by atoms with Crippen molar-refractivity contribution in [2.45, 2.75) is 58.4 Å². The van der Waals surface area contributed by atoms with Gasteiger partial charge in [-0.2, -0.15) is 0 Å². The fourth-order valence-electron chi connectivity index (χ4n) is 3.70. The molecule has 22 heavy (non-hydrogen) atoms. The van der Waals surface area contributed by atoms with Crippen molar-refractivity contribution in [2.24, 2.45) is 17.8 Å². The lowest BCUT2D eigenvalue weighted by Gasteiger charge is -2.38. The normalized spacial score (nSPS) is 27.1. The first-order valence-corrected chi connectivity index (χ1v) is 8.72. The Bertz CT molecular complexity index is 391. The zero-order valence-corrected chi connectivity index (χ0v) is 13.9. The Balaban J connectivity index is 1.90. The second-order valence-corrected chi connectivity index (χ2v) is 7.28. The molecule has 5 heteroatoms. The van der Waals surface area contributed by atoms with E-state index in [1.165, 1.54) is 32.1 Å². The summed E-state index contributed by atoms with van der Waals surface area (Å²) >= 11 is 0. The molecule has 1 aliphatic heterocycles. The lowest BCUT2D eigenvalue weighted by molar-refractivity contribution is -0.147. The largest absolute Gasteiger partial charge is 0.481 e. The van der Waals surface area contributed by atoms with Crippen LogP contribution in [0.25, 0.3) is 0 Å². The van der Waals surface area contributed by atoms with Crippen LogP contribution in [0.4, 0.5) is 0 Å². The summed E-state index contributed by atoms with van der Waals surface area (Å²) in [6, 6.07) is 0.111. The Morgan fingerprint density at radius 1 is 1.18 bits per heavy atom. The number of aliphatic carboxylic acids is 1. The maximum atomic E-state index is 12.2. The number of carbonyl (C=O) groups excluding carboxylic acids is 1. The van der Waals surface area contributed by atoms with E-state index in [0.717, 1.165) is 6.54 Å². The molecule has 0 spiro atoms. The number of nitrogens with zero attached hydrogens (tertiary/aromatic N) is 1. The monoisotopic (exact) mass is 310 g/mol. The average Bonchev–Trinajstić information content (AvgIpc) is 2.52. The van der Waals surface area contributed by atoms with Crippen LogP contribution in [0.1, 0.15) is 52.4 Å². The van der Waals surface area contributed by atoms with Gasteiger partial charge in [0.25, 0.3) is 0 Å². The fraction of sp³-hybridized carbons (Fsp3) is 0.882. The zero-order valence-electron chi connectivity index (χ0n) is 13.9. The minimum absolute atomic E-state index is 0.0652. The fourth-order valence-corrected chi connectivity index (χ4v) is 3.70. The molecule has 2 fully saturated rings. The number of hydrogen-bond acceptors (Lipinski definition) is 3. The maximum Gasteiger partial charge on any atom is 0.308 e. The topological polar surface area (TPSA) is 69.6 Å². The van der Waals surface area contributed by atoms with Crippen molar-refractivity contribution in [1.82, 2.24) is 10.2 Å². The van der Waals surface area contributed by atoms with E-state index in [2.05, 4.69) is 5.32 Å². The number of carbonyl (C=O) groups is 2. The summed E-state index contributed by atoms with van der Waals surface area (Å²) in [5.41, 5.74) is 0. The molecule has 5 nitrogen and oxygen atoms in total. The summed E-state index contributed by atoms with van der Waals surface area (Å²) in [4.78, 5) is 25.3. The van der Waals surface area contributed by atoms with Gasteiger partial charge in [0.15, 0.2) is 0 Å². The van der Waals surface area contributed by atoms with Crippen LogP contribution in [0, 0.1) is 17.8 Å². The third-order valence-corrected chi connectivity index (χ3v) is 5.03. The van der Waals surface area contributed by atoms with Crippen LogP contribution in [0.5, 0.6) is 0 Å². The quantitative estimate of drug-likeness (QED) is 0.816. The second-order valence-electron chi connectivity index (χ2n) is 7.28. The molecule has 0 aromatic carbocycles. The molecule has 1 aliphatic carbocycles. The van der Waals surface area contributed by atoms with Crippen molar-refractivity contribution in [3.8, 4) is 0 Å². The third kappa shape index (κ3) is 4.70. The maximum absolute atomic E-state index is 12.2. The molecule has 1 saturated carbocycles. The van der Waals surface area contributed by atoms with E-state index in [4.69, 9.17) is 0 Å². The Kier molecular flexibility index (Phi) is 6.24. The summed E-state index contributed by atoms with van der Waals surface area (Å²) in [5, 5.41) is 12.9. The van der Waals surface area contributed by atoms with E-state index >= 15 is 0 Å². The zero-order chi connectivity index (χ0) is 16.1. The Morgan fingerprint density at radius 2 is 1.86 bits per heavy atom. The number of nitrogens with one attached hydrogen (secondary N) is 1. The molecular weight excluding hydrogens is 280 g/mol. The highest BCUT2D eigenvalue weighted by Crippen LogP contribution is 2.24. The molecule has 0 bridgehead atoms. The molecule has 0 aromatic rings. The number of hydrogen-bond donors (Lipinski definition) is 2. The molecule has 0 radical (unpaired) electrons. The molecule has 1 heterocycles. The molecule has 2 rings (SSSR count). The SMILES string of the molecule is CC(C)C(=O)N1CC(NCC2CCCCC2)CC(C(=O)O)C1. The van der Waals surface area contributed by atoms with Gasteiger partial charge >= 0.3 is 5.97 Å². The molecular formula is C17H30N2O3. The van der Waals surface area contributed by atoms with Gasteiger partial charge in [-0.15, -0.1) is 0 Å². The van der Waals surface area contributed by atoms with Crippen molar-refractivity contribution in [3.63, 3.8) is 0 Å². The Hall–Kier alpha value is -1.10. The summed E-state index contributed by atoms with van der Waals surface area (Å²) in [6.07, 6.45) is 7.15. The van der Waals surface area contributed by atoms with E-state index in [9.17, 15) is 14.7 Å². The average molecular weight is 310 g/mol. The highest BCUT2D eigenvalue weighted by molar-refractivity contribution is 5.79. The van der Waals surface area contributed by atoms with Crippen LogP contribution < -0.4 is 5.32 Å². The van der Waals surface area contributed by atoms with Gasteiger partial charge in [0.1, 0.15) is 0 Å². The van der Waals surface area contributed by atoms with Crippen molar-refractivity contribution in [1.29, 1.82) is 0 Å². The molecule has 2 atom stereocenters. The number of carboxylic acids is 1. The van der Waals surface area contributed by atoms with Crippen molar-refractivity contribution in [3.05, 3.63) is 0 Å². The lowest BCUT2D eigenvalue weighted by atomic mass is 9.88. The number of piperidine rings is 1. The van der Waals surface area contributed by atoms with Gasteiger partial charge in [-0.3, -0.25) is 9.59 Å². The molecule has 2 N–H and O–H groups in total. The van der Waals surface area contributed by atoms with Crippen LogP contribution in [0.15, 0.2) is 0 Å². The highest BCUT2D eigenvalue weighted by Gasteiger charge is 2.34. The molecule has 1 saturated heterocycles. The van der Waals surface area contributed by atoms with Crippen LogP contribution in [-0.2, 0) is 9.59 Å². The predicted octanol–water partition coefficient (Wildman–Crippen LogP) is 2.11. The molecule has 2 unspecified atom stereocenters. The minimum Gasteiger partial charge on any atom is -0.481 e. The van der Waals surface area contributed by atoms with Gasteiger partial charge in [0.2, 0.25) is 5.91 Å². The first kappa shape index (κ1) is 17.3. The summed E-state index contributed by atoms with van der Waals surface area (Å²) in [7, 11) is 0. The van der Waals surface area contributed by atoms with E-state index < -0.39 is 11.9 Å². The van der Waals surface area contributed by atoms with Crippen LogP contribution in [-0.4, -0.2) is 47.6 Å². The van der Waals surface area contributed by atoms with E-state index in [0.29, 0.717) is 25.4 Å². The Morgan fingerprint density at radius 3 is 2.45 bits per heavy atom. The molecule has 0 aromatic heterocycles. The summed E-state index contributed by atoms with van der Waals surface area (Å²) in [6.45, 7) is 5.70. The summed E-state index contributed by atoms with van der Waals surface area (Å²) in [5.74, 6) is -0.527. The minimum atomic E-state index is -0.786. The van der Waals surface area contributed by atoms with Gasteiger partial charge in [0.05, 0.1) is 5.92 Å². The second kappa shape index (κ2) is 7.95. The number of carboxylic acid groups (broad SMARTS) is 1. The van der Waals surface area contributed by atoms with Gasteiger partial charge in [-0.25, -0.2) is 0 Å². The standard InChI is InChI=1S/C17H30N2O3/c1-12(2)16(20)19-10-14(17(21)22)8-15(11-19)18-9-13-6-4-3-5-7-13/h12-15,18H,3-11H2,1-2H3,(H,21,22). The van der Waals surface area contributed by atoms with Gasteiger partial charge < -0.3 is 15.3 Å². The number of rotatable bonds is 5. The third-order valence-electron chi connectivity index (χ3n) is 5.03. The van der Waals surface area contributed by atoms with E-state index in [1.807, 2.05) is 13.8 Å². The smallest absolute Gasteiger partial charge is 0.308 e. The molecule has 2 aliphatic rings. The lowest BCUT2D eigenvalue weighted by Crippen LogP contribution is -2.54. The van der Waals surface area contributed by atoms with Crippen molar-refractivity contribution >= 4 is 11.9 Å².